The summed E-state index contributed by atoms with van der Waals surface area (Å²) in [6.07, 6.45) is 1.32. The lowest BCUT2D eigenvalue weighted by Gasteiger charge is -2.17. The molecule has 21 heavy (non-hydrogen) atoms. The van der Waals surface area contributed by atoms with E-state index in [-0.39, 0.29) is 23.6 Å². The van der Waals surface area contributed by atoms with Gasteiger partial charge in [0.2, 0.25) is 0 Å². The number of carbonyl (C=O) groups is 1. The highest BCUT2D eigenvalue weighted by atomic mass is 19.1. The number of Topliss-reactive ketones (excluding diaryl/α,β-unsaturated/α-hetero) is 1. The summed E-state index contributed by atoms with van der Waals surface area (Å²) in [4.78, 5) is 12.0. The second-order valence-electron chi connectivity index (χ2n) is 6.22. The number of hydrogen-bond acceptors (Lipinski definition) is 2. The molecule has 2 nitrogen and oxygen atoms in total. The van der Waals surface area contributed by atoms with Gasteiger partial charge in [0.1, 0.15) is 6.61 Å². The number of carbonyl (C=O) groups excluding carboxylic acids is 1. The Morgan fingerprint density at radius 3 is 2.48 bits per heavy atom. The van der Waals surface area contributed by atoms with E-state index >= 15 is 0 Å². The molecule has 0 heterocycles. The van der Waals surface area contributed by atoms with Gasteiger partial charge < -0.3 is 4.74 Å². The summed E-state index contributed by atoms with van der Waals surface area (Å²) in [6, 6.07) is 4.13. The van der Waals surface area contributed by atoms with E-state index in [0.29, 0.717) is 30.3 Å². The van der Waals surface area contributed by atoms with Crippen molar-refractivity contribution in [1.82, 2.24) is 0 Å². The second-order valence-corrected chi connectivity index (χ2v) is 6.22. The third-order valence-electron chi connectivity index (χ3n) is 2.97. The van der Waals surface area contributed by atoms with Gasteiger partial charge in [-0.05, 0) is 35.6 Å². The number of hydrogen-bond donors (Lipinski definition) is 0. The molecule has 0 saturated heterocycles. The molecule has 0 aliphatic carbocycles. The smallest absolute Gasteiger partial charge is 0.165 e. The zero-order valence-corrected chi connectivity index (χ0v) is 13.0. The van der Waals surface area contributed by atoms with Gasteiger partial charge in [0.15, 0.2) is 17.3 Å². The highest BCUT2D eigenvalue weighted by Gasteiger charge is 2.18. The minimum atomic E-state index is -0.607. The van der Waals surface area contributed by atoms with E-state index in [1.54, 1.807) is 6.92 Å². The van der Waals surface area contributed by atoms with Crippen LogP contribution in [0.2, 0.25) is 0 Å². The summed E-state index contributed by atoms with van der Waals surface area (Å²) in [5.74, 6) is -0.690. The van der Waals surface area contributed by atoms with Crippen LogP contribution in [0.15, 0.2) is 30.1 Å². The number of ether oxygens (including phenoxy) is 1. The van der Waals surface area contributed by atoms with Gasteiger partial charge in [0, 0.05) is 12.0 Å². The van der Waals surface area contributed by atoms with Crippen LogP contribution in [0.25, 0.3) is 0 Å². The number of rotatable bonds is 6. The lowest BCUT2D eigenvalue weighted by molar-refractivity contribution is 0.0939. The van der Waals surface area contributed by atoms with Crippen molar-refractivity contribution in [3.8, 4) is 5.75 Å². The Kier molecular flexibility index (Phi) is 6.06. The fraction of sp³-hybridized carbons (Fsp3) is 0.471. The maximum atomic E-state index is 13.9. The van der Waals surface area contributed by atoms with Gasteiger partial charge in [-0.1, -0.05) is 27.7 Å². The molecule has 1 aromatic carbocycles. The first-order chi connectivity index (χ1) is 9.76. The maximum absolute atomic E-state index is 13.9. The lowest BCUT2D eigenvalue weighted by Crippen LogP contribution is -2.13. The van der Waals surface area contributed by atoms with Crippen LogP contribution < -0.4 is 4.74 Å². The van der Waals surface area contributed by atoms with Crippen molar-refractivity contribution in [2.45, 2.75) is 40.5 Å². The van der Waals surface area contributed by atoms with Gasteiger partial charge in [-0.15, -0.1) is 0 Å². The first-order valence-corrected chi connectivity index (χ1v) is 7.00. The molecular formula is C17H22F2O2. The zero-order chi connectivity index (χ0) is 16.0. The molecule has 0 aliphatic rings. The third-order valence-corrected chi connectivity index (χ3v) is 2.97. The van der Waals surface area contributed by atoms with E-state index < -0.39 is 5.82 Å². The van der Waals surface area contributed by atoms with E-state index in [4.69, 9.17) is 4.74 Å². The van der Waals surface area contributed by atoms with E-state index in [2.05, 4.69) is 0 Å². The molecule has 1 aromatic rings. The molecule has 116 valence electrons. The average molecular weight is 296 g/mol. The summed E-state index contributed by atoms with van der Waals surface area (Å²) in [7, 11) is 0. The summed E-state index contributed by atoms with van der Waals surface area (Å²) < 4.78 is 31.5. The fourth-order valence-electron chi connectivity index (χ4n) is 1.76. The molecule has 1 rings (SSSR count). The van der Waals surface area contributed by atoms with Crippen molar-refractivity contribution >= 4 is 5.78 Å². The Morgan fingerprint density at radius 2 is 2.00 bits per heavy atom. The van der Waals surface area contributed by atoms with Crippen molar-refractivity contribution in [1.29, 1.82) is 0 Å². The van der Waals surface area contributed by atoms with Crippen molar-refractivity contribution < 1.29 is 18.3 Å². The van der Waals surface area contributed by atoms with E-state index in [0.717, 1.165) is 0 Å². The number of halogens is 2. The molecule has 0 amide bonds. The normalized spacial score (nSPS) is 12.4. The van der Waals surface area contributed by atoms with Gasteiger partial charge in [0.05, 0.1) is 6.33 Å². The number of benzene rings is 1. The average Bonchev–Trinajstić information content (AvgIpc) is 2.39. The molecule has 0 atom stereocenters. The molecule has 0 spiro atoms. The largest absolute Gasteiger partial charge is 0.486 e. The van der Waals surface area contributed by atoms with Gasteiger partial charge >= 0.3 is 0 Å². The predicted molar refractivity (Wildman–Crippen MR) is 79.8 cm³/mol. The molecule has 0 radical (unpaired) electrons. The molecule has 0 unspecified atom stereocenters. The van der Waals surface area contributed by atoms with Crippen LogP contribution in [0.3, 0.4) is 0 Å². The summed E-state index contributed by atoms with van der Waals surface area (Å²) in [5.41, 5.74) is 0.624. The second kappa shape index (κ2) is 7.34. The van der Waals surface area contributed by atoms with Crippen LogP contribution in [-0.2, 0) is 0 Å². The fourth-order valence-corrected chi connectivity index (χ4v) is 1.76. The Hall–Kier alpha value is -1.71. The number of ketones is 1. The van der Waals surface area contributed by atoms with Crippen molar-refractivity contribution in [2.24, 2.45) is 5.41 Å². The van der Waals surface area contributed by atoms with E-state index in [1.165, 1.54) is 18.2 Å². The van der Waals surface area contributed by atoms with Crippen LogP contribution in [0.1, 0.15) is 50.9 Å². The minimum Gasteiger partial charge on any atom is -0.486 e. The first-order valence-electron chi connectivity index (χ1n) is 7.00. The van der Waals surface area contributed by atoms with E-state index in [1.807, 2.05) is 20.8 Å². The molecule has 0 bridgehead atoms. The summed E-state index contributed by atoms with van der Waals surface area (Å²) in [5, 5.41) is 0. The first kappa shape index (κ1) is 17.3. The van der Waals surface area contributed by atoms with Gasteiger partial charge in [-0.25, -0.2) is 8.78 Å². The molecule has 0 fully saturated rings. The van der Waals surface area contributed by atoms with Crippen LogP contribution in [0, 0.1) is 11.2 Å². The Morgan fingerprint density at radius 1 is 1.33 bits per heavy atom. The highest BCUT2D eigenvalue weighted by Crippen LogP contribution is 2.24. The quantitative estimate of drug-likeness (QED) is 0.684. The van der Waals surface area contributed by atoms with Crippen LogP contribution in [0.4, 0.5) is 8.78 Å². The Balaban J connectivity index is 2.79. The monoisotopic (exact) mass is 296 g/mol. The van der Waals surface area contributed by atoms with Gasteiger partial charge in [-0.2, -0.15) is 0 Å². The topological polar surface area (TPSA) is 26.3 Å². The minimum absolute atomic E-state index is 0.000789. The SMILES string of the molecule is CC/C(=C\F)COc1ccc(C(=O)CC(C)(C)C)cc1F. The van der Waals surface area contributed by atoms with Crippen molar-refractivity contribution in [3.05, 3.63) is 41.5 Å². The lowest BCUT2D eigenvalue weighted by atomic mass is 9.88. The molecule has 0 aliphatic heterocycles. The maximum Gasteiger partial charge on any atom is 0.165 e. The third kappa shape index (κ3) is 5.66. The van der Waals surface area contributed by atoms with Gasteiger partial charge in [0.25, 0.3) is 0 Å². The summed E-state index contributed by atoms with van der Waals surface area (Å²) >= 11 is 0. The van der Waals surface area contributed by atoms with Crippen LogP contribution >= 0.6 is 0 Å². The molecule has 0 aromatic heterocycles. The molecular weight excluding hydrogens is 274 g/mol. The molecule has 0 N–H and O–H groups in total. The zero-order valence-electron chi connectivity index (χ0n) is 13.0. The van der Waals surface area contributed by atoms with Gasteiger partial charge in [-0.3, -0.25) is 4.79 Å². The Labute approximate surface area is 124 Å². The summed E-state index contributed by atoms with van der Waals surface area (Å²) in [6.45, 7) is 7.65. The van der Waals surface area contributed by atoms with Crippen LogP contribution in [-0.4, -0.2) is 12.4 Å². The van der Waals surface area contributed by atoms with E-state index in [9.17, 15) is 13.6 Å². The highest BCUT2D eigenvalue weighted by molar-refractivity contribution is 5.96. The van der Waals surface area contributed by atoms with Crippen LogP contribution in [0.5, 0.6) is 5.75 Å². The molecule has 0 saturated carbocycles. The van der Waals surface area contributed by atoms with Crippen molar-refractivity contribution in [2.75, 3.05) is 6.61 Å². The standard InChI is InChI=1S/C17H22F2O2/c1-5-12(10-18)11-21-16-7-6-13(8-14(16)19)15(20)9-17(2,3)4/h6-8,10H,5,9,11H2,1-4H3/b12-10+. The molecule has 4 heteroatoms. The van der Waals surface area contributed by atoms with Crippen molar-refractivity contribution in [3.63, 3.8) is 0 Å². The Bertz CT molecular complexity index is 528. The predicted octanol–water partition coefficient (Wildman–Crippen LogP) is 5.09.